The summed E-state index contributed by atoms with van der Waals surface area (Å²) >= 11 is 1.49. The van der Waals surface area contributed by atoms with Gasteiger partial charge in [-0.15, -0.1) is 11.3 Å². The van der Waals surface area contributed by atoms with Crippen molar-refractivity contribution in [2.75, 3.05) is 18.0 Å². The van der Waals surface area contributed by atoms with Crippen LogP contribution in [0.4, 0.5) is 10.8 Å². The lowest BCUT2D eigenvalue weighted by atomic mass is 9.88. The molecule has 30 heavy (non-hydrogen) atoms. The number of fused-ring (bicyclic) bond motifs is 3. The summed E-state index contributed by atoms with van der Waals surface area (Å²) in [6.07, 6.45) is 2.43. The first-order chi connectivity index (χ1) is 14.3. The Morgan fingerprint density at radius 3 is 2.73 bits per heavy atom. The van der Waals surface area contributed by atoms with Gasteiger partial charge >= 0.3 is 6.09 Å². The van der Waals surface area contributed by atoms with Gasteiger partial charge in [-0.2, -0.15) is 10.2 Å². The number of nitriles is 1. The highest BCUT2D eigenvalue weighted by molar-refractivity contribution is 7.13. The largest absolute Gasteiger partial charge is 0.444 e. The van der Waals surface area contributed by atoms with E-state index < -0.39 is 5.60 Å². The van der Waals surface area contributed by atoms with Crippen LogP contribution in [0.2, 0.25) is 0 Å². The minimum Gasteiger partial charge on any atom is -0.444 e. The van der Waals surface area contributed by atoms with Crippen molar-refractivity contribution in [3.63, 3.8) is 0 Å². The molecule has 0 aliphatic carbocycles. The second kappa shape index (κ2) is 6.71. The van der Waals surface area contributed by atoms with Crippen molar-refractivity contribution < 1.29 is 13.9 Å². The number of amides is 1. The molecule has 3 aliphatic rings. The van der Waals surface area contributed by atoms with Crippen LogP contribution in [0.1, 0.15) is 32.8 Å². The fraction of sp³-hybridized carbons (Fsp3) is 0.429. The molecule has 8 nitrogen and oxygen atoms in total. The van der Waals surface area contributed by atoms with Gasteiger partial charge in [0.2, 0.25) is 0 Å². The molecule has 5 heterocycles. The van der Waals surface area contributed by atoms with Crippen LogP contribution in [-0.2, 0) is 4.74 Å². The third-order valence-electron chi connectivity index (χ3n) is 5.34. The third kappa shape index (κ3) is 3.17. The van der Waals surface area contributed by atoms with Crippen LogP contribution >= 0.6 is 11.3 Å². The fourth-order valence-electron chi connectivity index (χ4n) is 4.11. The SMILES string of the molecule is CC(C)(C)OC(=O)N1C2CC1CN(c1nc3cc(C#N)cc(-c4nccs4)c3o1)C2. The quantitative estimate of drug-likeness (QED) is 0.614. The molecule has 0 spiro atoms. The van der Waals surface area contributed by atoms with E-state index in [0.717, 1.165) is 17.0 Å². The first kappa shape index (κ1) is 18.9. The minimum atomic E-state index is -0.508. The maximum Gasteiger partial charge on any atom is 0.410 e. The van der Waals surface area contributed by atoms with Gasteiger partial charge in [0.05, 0.1) is 29.3 Å². The standard InChI is InChI=1S/C21H21N5O3S/c1-21(2,3)29-20(27)26-13-8-14(26)11-25(10-13)19-24-16-7-12(9-22)6-15(17(16)28-19)18-23-4-5-30-18/h4-7,13-14H,8,10-11H2,1-3H3. The first-order valence-electron chi connectivity index (χ1n) is 9.83. The molecule has 0 N–H and O–H groups in total. The Hall–Kier alpha value is -3.12. The number of thiazole rings is 1. The summed E-state index contributed by atoms with van der Waals surface area (Å²) in [5, 5.41) is 12.1. The van der Waals surface area contributed by atoms with Gasteiger partial charge in [-0.3, -0.25) is 4.90 Å². The average molecular weight is 423 g/mol. The number of hydrogen-bond acceptors (Lipinski definition) is 8. The Bertz CT molecular complexity index is 1150. The van der Waals surface area contributed by atoms with Crippen molar-refractivity contribution in [3.05, 3.63) is 29.3 Å². The molecule has 2 aromatic heterocycles. The third-order valence-corrected chi connectivity index (χ3v) is 6.15. The molecular weight excluding hydrogens is 402 g/mol. The van der Waals surface area contributed by atoms with Crippen LogP contribution in [-0.4, -0.2) is 51.7 Å². The summed E-state index contributed by atoms with van der Waals surface area (Å²) in [6.45, 7) is 6.91. The van der Waals surface area contributed by atoms with E-state index in [9.17, 15) is 10.1 Å². The van der Waals surface area contributed by atoms with Gasteiger partial charge in [-0.25, -0.2) is 9.78 Å². The normalized spacial score (nSPS) is 20.7. The van der Waals surface area contributed by atoms with E-state index in [1.165, 1.54) is 11.3 Å². The van der Waals surface area contributed by atoms with E-state index in [4.69, 9.17) is 9.15 Å². The molecule has 2 bridgehead atoms. The minimum absolute atomic E-state index is 0.0849. The van der Waals surface area contributed by atoms with Crippen molar-refractivity contribution in [2.45, 2.75) is 44.9 Å². The highest BCUT2D eigenvalue weighted by Crippen LogP contribution is 2.38. The number of carbonyl (C=O) groups is 1. The Morgan fingerprint density at radius 2 is 2.10 bits per heavy atom. The number of benzene rings is 1. The highest BCUT2D eigenvalue weighted by atomic mass is 32.1. The maximum absolute atomic E-state index is 12.5. The van der Waals surface area contributed by atoms with Crippen LogP contribution in [0, 0.1) is 11.3 Å². The molecule has 3 aliphatic heterocycles. The van der Waals surface area contributed by atoms with Crippen LogP contribution in [0.5, 0.6) is 0 Å². The highest BCUT2D eigenvalue weighted by Gasteiger charge is 2.49. The number of aromatic nitrogens is 2. The van der Waals surface area contributed by atoms with Gasteiger partial charge in [0, 0.05) is 24.7 Å². The number of piperidine rings is 1. The number of oxazole rings is 1. The molecule has 9 heteroatoms. The summed E-state index contributed by atoms with van der Waals surface area (Å²) in [4.78, 5) is 25.4. The molecule has 2 unspecified atom stereocenters. The number of piperazine rings is 1. The lowest BCUT2D eigenvalue weighted by molar-refractivity contribution is -0.0386. The second-order valence-electron chi connectivity index (χ2n) is 8.65. The smallest absolute Gasteiger partial charge is 0.410 e. The topological polar surface area (TPSA) is 95.5 Å². The molecule has 0 radical (unpaired) electrons. The molecule has 6 rings (SSSR count). The monoisotopic (exact) mass is 423 g/mol. The summed E-state index contributed by atoms with van der Waals surface area (Å²) in [6, 6.07) is 6.38. The van der Waals surface area contributed by atoms with E-state index in [1.807, 2.05) is 31.1 Å². The van der Waals surface area contributed by atoms with Crippen LogP contribution < -0.4 is 4.90 Å². The van der Waals surface area contributed by atoms with Crippen molar-refractivity contribution in [2.24, 2.45) is 0 Å². The molecule has 154 valence electrons. The zero-order chi connectivity index (χ0) is 21.0. The lowest BCUT2D eigenvalue weighted by Crippen LogP contribution is -2.70. The molecular formula is C21H21N5O3S. The predicted molar refractivity (Wildman–Crippen MR) is 112 cm³/mol. The molecule has 0 saturated carbocycles. The van der Waals surface area contributed by atoms with E-state index in [0.29, 0.717) is 35.8 Å². The number of ether oxygens (including phenoxy) is 1. The van der Waals surface area contributed by atoms with Crippen LogP contribution in [0.15, 0.2) is 28.1 Å². The lowest BCUT2D eigenvalue weighted by Gasteiger charge is -2.55. The Labute approximate surface area is 177 Å². The Balaban J connectivity index is 1.42. The van der Waals surface area contributed by atoms with E-state index in [-0.39, 0.29) is 18.2 Å². The number of anilines is 1. The van der Waals surface area contributed by atoms with Crippen molar-refractivity contribution in [1.29, 1.82) is 5.26 Å². The zero-order valence-corrected chi connectivity index (χ0v) is 17.8. The first-order valence-corrected chi connectivity index (χ1v) is 10.7. The number of rotatable bonds is 2. The molecule has 1 amide bonds. The van der Waals surface area contributed by atoms with Gasteiger partial charge < -0.3 is 14.1 Å². The van der Waals surface area contributed by atoms with Crippen molar-refractivity contribution in [1.82, 2.24) is 14.9 Å². The predicted octanol–water partition coefficient (Wildman–Crippen LogP) is 4.02. The average Bonchev–Trinajstić information content (AvgIpc) is 3.35. The van der Waals surface area contributed by atoms with Crippen molar-refractivity contribution in [3.8, 4) is 16.6 Å². The van der Waals surface area contributed by atoms with Crippen LogP contribution in [0.3, 0.4) is 0 Å². The molecule has 2 atom stereocenters. The van der Waals surface area contributed by atoms with Crippen molar-refractivity contribution >= 4 is 34.5 Å². The molecule has 3 saturated heterocycles. The molecule has 3 aromatic rings. The summed E-state index contributed by atoms with van der Waals surface area (Å²) in [7, 11) is 0. The second-order valence-corrected chi connectivity index (χ2v) is 9.55. The van der Waals surface area contributed by atoms with E-state index in [2.05, 4.69) is 20.9 Å². The summed E-state index contributed by atoms with van der Waals surface area (Å²) < 4.78 is 11.7. The van der Waals surface area contributed by atoms with Gasteiger partial charge in [0.1, 0.15) is 16.1 Å². The Morgan fingerprint density at radius 1 is 1.33 bits per heavy atom. The van der Waals surface area contributed by atoms with Gasteiger partial charge in [-0.1, -0.05) is 0 Å². The fourth-order valence-corrected chi connectivity index (χ4v) is 4.77. The van der Waals surface area contributed by atoms with Gasteiger partial charge in [0.25, 0.3) is 6.01 Å². The molecule has 3 fully saturated rings. The zero-order valence-electron chi connectivity index (χ0n) is 17.0. The van der Waals surface area contributed by atoms with Gasteiger partial charge in [0.15, 0.2) is 5.58 Å². The van der Waals surface area contributed by atoms with Crippen LogP contribution in [0.25, 0.3) is 21.7 Å². The maximum atomic E-state index is 12.5. The Kier molecular flexibility index (Phi) is 4.22. The van der Waals surface area contributed by atoms with E-state index >= 15 is 0 Å². The number of nitrogens with zero attached hydrogens (tertiary/aromatic N) is 5. The van der Waals surface area contributed by atoms with E-state index in [1.54, 1.807) is 18.3 Å². The molecule has 1 aromatic carbocycles. The number of hydrogen-bond donors (Lipinski definition) is 0. The summed E-state index contributed by atoms with van der Waals surface area (Å²) in [5.41, 5.74) is 2.05. The number of carbonyl (C=O) groups excluding carboxylic acids is 1. The summed E-state index contributed by atoms with van der Waals surface area (Å²) in [5.74, 6) is 0. The van der Waals surface area contributed by atoms with Gasteiger partial charge in [-0.05, 0) is 39.3 Å².